The molecule has 1 aliphatic rings. The van der Waals surface area contributed by atoms with E-state index in [0.717, 1.165) is 41.1 Å². The van der Waals surface area contributed by atoms with Gasteiger partial charge in [0.15, 0.2) is 5.16 Å². The number of pyridine rings is 1. The van der Waals surface area contributed by atoms with Crippen LogP contribution in [-0.2, 0) is 10.5 Å². The van der Waals surface area contributed by atoms with E-state index in [9.17, 15) is 4.79 Å². The number of nitrogens with zero attached hydrogens (tertiary/aromatic N) is 6. The molecule has 158 valence electrons. The quantitative estimate of drug-likeness (QED) is 0.447. The standard InChI is InChI=1S/C22H22N6O2S/c1-16-6-5-9-27-19(29)14-17(23-20(16)27)15-31-22-25-24-21(26-10-12-30-13-11-26)28(22)18-7-3-2-4-8-18/h2-9,14H,10-13,15H2,1H3. The number of hydrogen-bond donors (Lipinski definition) is 0. The highest BCUT2D eigenvalue weighted by Gasteiger charge is 2.22. The first-order valence-corrected chi connectivity index (χ1v) is 11.1. The van der Waals surface area contributed by atoms with Gasteiger partial charge in [0.2, 0.25) is 5.95 Å². The number of hydrogen-bond acceptors (Lipinski definition) is 7. The number of para-hydroxylation sites is 1. The molecule has 0 spiro atoms. The summed E-state index contributed by atoms with van der Waals surface area (Å²) in [5, 5.41) is 9.72. The number of benzene rings is 1. The highest BCUT2D eigenvalue weighted by molar-refractivity contribution is 7.98. The number of rotatable bonds is 5. The molecular formula is C22H22N6O2S. The number of thioether (sulfide) groups is 1. The molecule has 1 fully saturated rings. The normalized spacial score (nSPS) is 14.3. The molecule has 1 saturated heterocycles. The Labute approximate surface area is 183 Å². The van der Waals surface area contributed by atoms with Crippen LogP contribution in [0, 0.1) is 6.92 Å². The molecule has 0 unspecified atom stereocenters. The third-order valence-corrected chi connectivity index (χ3v) is 6.18. The van der Waals surface area contributed by atoms with Gasteiger partial charge in [0.1, 0.15) is 5.65 Å². The van der Waals surface area contributed by atoms with E-state index < -0.39 is 0 Å². The first-order valence-electron chi connectivity index (χ1n) is 10.1. The van der Waals surface area contributed by atoms with Crippen LogP contribution in [0.4, 0.5) is 5.95 Å². The fraction of sp³-hybridized carbons (Fsp3) is 0.273. The van der Waals surface area contributed by atoms with Gasteiger partial charge in [-0.3, -0.25) is 13.8 Å². The lowest BCUT2D eigenvalue weighted by Gasteiger charge is -2.27. The van der Waals surface area contributed by atoms with Crippen molar-refractivity contribution in [2.75, 3.05) is 31.2 Å². The van der Waals surface area contributed by atoms with E-state index in [1.165, 1.54) is 11.8 Å². The van der Waals surface area contributed by atoms with Crippen LogP contribution in [-0.4, -0.2) is 50.5 Å². The summed E-state index contributed by atoms with van der Waals surface area (Å²) in [6.45, 7) is 4.86. The van der Waals surface area contributed by atoms with Crippen LogP contribution in [0.1, 0.15) is 11.3 Å². The van der Waals surface area contributed by atoms with Crippen LogP contribution >= 0.6 is 11.8 Å². The summed E-state index contributed by atoms with van der Waals surface area (Å²) in [4.78, 5) is 19.4. The minimum atomic E-state index is -0.0807. The van der Waals surface area contributed by atoms with Crippen molar-refractivity contribution in [3.05, 3.63) is 76.3 Å². The fourth-order valence-electron chi connectivity index (χ4n) is 3.65. The van der Waals surface area contributed by atoms with E-state index in [1.54, 1.807) is 16.7 Å². The van der Waals surface area contributed by atoms with E-state index in [4.69, 9.17) is 9.72 Å². The predicted octanol–water partition coefficient (Wildman–Crippen LogP) is 2.71. The minimum absolute atomic E-state index is 0.0807. The predicted molar refractivity (Wildman–Crippen MR) is 120 cm³/mol. The molecule has 5 rings (SSSR count). The molecule has 31 heavy (non-hydrogen) atoms. The molecule has 3 aromatic heterocycles. The highest BCUT2D eigenvalue weighted by atomic mass is 32.2. The number of aromatic nitrogens is 5. The first-order chi connectivity index (χ1) is 15.2. The Bertz CT molecular complexity index is 1260. The van der Waals surface area contributed by atoms with Gasteiger partial charge in [0.25, 0.3) is 5.56 Å². The number of anilines is 1. The van der Waals surface area contributed by atoms with Crippen molar-refractivity contribution < 1.29 is 4.74 Å². The molecule has 0 atom stereocenters. The summed E-state index contributed by atoms with van der Waals surface area (Å²) in [6.07, 6.45) is 1.75. The molecule has 1 aliphatic heterocycles. The minimum Gasteiger partial charge on any atom is -0.378 e. The van der Waals surface area contributed by atoms with Crippen molar-refractivity contribution in [3.63, 3.8) is 0 Å². The van der Waals surface area contributed by atoms with Crippen molar-refractivity contribution >= 4 is 23.4 Å². The highest BCUT2D eigenvalue weighted by Crippen LogP contribution is 2.28. The Hall–Kier alpha value is -3.17. The van der Waals surface area contributed by atoms with Crippen molar-refractivity contribution in [3.8, 4) is 5.69 Å². The molecule has 1 aromatic carbocycles. The van der Waals surface area contributed by atoms with E-state index >= 15 is 0 Å². The summed E-state index contributed by atoms with van der Waals surface area (Å²) in [7, 11) is 0. The molecule has 8 nitrogen and oxygen atoms in total. The van der Waals surface area contributed by atoms with Crippen LogP contribution < -0.4 is 10.5 Å². The lowest BCUT2D eigenvalue weighted by molar-refractivity contribution is 0.122. The Balaban J connectivity index is 1.48. The summed E-state index contributed by atoms with van der Waals surface area (Å²) < 4.78 is 9.13. The third kappa shape index (κ3) is 3.94. The van der Waals surface area contributed by atoms with Crippen LogP contribution in [0.5, 0.6) is 0 Å². The van der Waals surface area contributed by atoms with Crippen molar-refractivity contribution in [2.24, 2.45) is 0 Å². The van der Waals surface area contributed by atoms with Crippen LogP contribution in [0.15, 0.2) is 64.7 Å². The zero-order valence-electron chi connectivity index (χ0n) is 17.1. The Morgan fingerprint density at radius 2 is 1.87 bits per heavy atom. The molecular weight excluding hydrogens is 412 g/mol. The van der Waals surface area contributed by atoms with E-state index in [0.29, 0.717) is 24.6 Å². The average Bonchev–Trinajstić information content (AvgIpc) is 3.24. The average molecular weight is 435 g/mol. The molecule has 4 aromatic rings. The van der Waals surface area contributed by atoms with Gasteiger partial charge in [0.05, 0.1) is 24.6 Å². The monoisotopic (exact) mass is 434 g/mol. The number of morpholine rings is 1. The van der Waals surface area contributed by atoms with Crippen LogP contribution in [0.2, 0.25) is 0 Å². The second-order valence-corrected chi connectivity index (χ2v) is 8.25. The summed E-state index contributed by atoms with van der Waals surface area (Å²) >= 11 is 1.52. The first kappa shape index (κ1) is 19.8. The molecule has 0 saturated carbocycles. The third-order valence-electron chi connectivity index (χ3n) is 5.21. The van der Waals surface area contributed by atoms with Gasteiger partial charge in [-0.1, -0.05) is 36.0 Å². The molecule has 4 heterocycles. The lowest BCUT2D eigenvalue weighted by Crippen LogP contribution is -2.37. The Kier molecular flexibility index (Phi) is 5.44. The molecule has 0 bridgehead atoms. The molecule has 0 aliphatic carbocycles. The zero-order chi connectivity index (χ0) is 21.2. The summed E-state index contributed by atoms with van der Waals surface area (Å²) in [5.74, 6) is 1.33. The molecule has 0 N–H and O–H groups in total. The van der Waals surface area contributed by atoms with Gasteiger partial charge in [-0.05, 0) is 30.7 Å². The number of fused-ring (bicyclic) bond motifs is 1. The van der Waals surface area contributed by atoms with Crippen molar-refractivity contribution in [2.45, 2.75) is 17.8 Å². The van der Waals surface area contributed by atoms with E-state index in [1.807, 2.05) is 49.4 Å². The van der Waals surface area contributed by atoms with Gasteiger partial charge in [-0.25, -0.2) is 4.98 Å². The number of ether oxygens (including phenoxy) is 1. The SMILES string of the molecule is Cc1cccn2c(=O)cc(CSc3nnc(N4CCOCC4)n3-c3ccccc3)nc12. The number of aryl methyl sites for hydroxylation is 1. The Morgan fingerprint density at radius 3 is 2.68 bits per heavy atom. The fourth-order valence-corrected chi connectivity index (χ4v) is 4.49. The second-order valence-electron chi connectivity index (χ2n) is 7.31. The van der Waals surface area contributed by atoms with Crippen LogP contribution in [0.3, 0.4) is 0 Å². The Morgan fingerprint density at radius 1 is 1.06 bits per heavy atom. The molecule has 0 radical (unpaired) electrons. The van der Waals surface area contributed by atoms with Crippen molar-refractivity contribution in [1.29, 1.82) is 0 Å². The van der Waals surface area contributed by atoms with E-state index in [-0.39, 0.29) is 5.56 Å². The lowest BCUT2D eigenvalue weighted by atomic mass is 10.3. The van der Waals surface area contributed by atoms with E-state index in [2.05, 4.69) is 19.7 Å². The second kappa shape index (κ2) is 8.52. The maximum absolute atomic E-state index is 12.5. The maximum Gasteiger partial charge on any atom is 0.258 e. The van der Waals surface area contributed by atoms with Gasteiger partial charge in [0, 0.05) is 31.1 Å². The van der Waals surface area contributed by atoms with Crippen LogP contribution in [0.25, 0.3) is 11.3 Å². The van der Waals surface area contributed by atoms with Crippen molar-refractivity contribution in [1.82, 2.24) is 24.1 Å². The molecule has 9 heteroatoms. The molecule has 0 amide bonds. The topological polar surface area (TPSA) is 77.5 Å². The van der Waals surface area contributed by atoms with Gasteiger partial charge in [-0.15, -0.1) is 10.2 Å². The summed E-state index contributed by atoms with van der Waals surface area (Å²) in [5.41, 5.74) is 3.29. The zero-order valence-corrected chi connectivity index (χ0v) is 18.0. The smallest absolute Gasteiger partial charge is 0.258 e. The van der Waals surface area contributed by atoms with Gasteiger partial charge >= 0.3 is 0 Å². The largest absolute Gasteiger partial charge is 0.378 e. The van der Waals surface area contributed by atoms with Gasteiger partial charge < -0.3 is 9.64 Å². The van der Waals surface area contributed by atoms with Gasteiger partial charge in [-0.2, -0.15) is 0 Å². The maximum atomic E-state index is 12.5. The summed E-state index contributed by atoms with van der Waals surface area (Å²) in [6, 6.07) is 15.5.